The normalized spacial score (nSPS) is 13.3. The van der Waals surface area contributed by atoms with E-state index in [9.17, 15) is 21.2 Å². The van der Waals surface area contributed by atoms with Crippen molar-refractivity contribution in [2.75, 3.05) is 20.6 Å². The highest BCUT2D eigenvalue weighted by Gasteiger charge is 2.25. The maximum Gasteiger partial charge on any atom is 0.323 e. The maximum atomic E-state index is 13.4. The molecule has 0 radical (unpaired) electrons. The van der Waals surface area contributed by atoms with Crippen molar-refractivity contribution in [3.05, 3.63) is 40.9 Å². The molecule has 1 aromatic carbocycles. The van der Waals surface area contributed by atoms with Gasteiger partial charge in [0.05, 0.1) is 11.6 Å². The number of aromatic nitrogens is 3. The molecule has 11 nitrogen and oxygen atoms in total. The molecular weight excluding hydrogens is 463 g/mol. The van der Waals surface area contributed by atoms with Crippen molar-refractivity contribution >= 4 is 37.5 Å². The minimum atomic E-state index is -4.30. The topological polar surface area (TPSA) is 136 Å². The number of sulfonamides is 1. The molecule has 0 saturated carbocycles. The third kappa shape index (κ3) is 5.72. The molecular formula is C15H20ClFN6O5S2. The lowest BCUT2D eigenvalue weighted by Crippen LogP contribution is -2.32. The van der Waals surface area contributed by atoms with Crippen LogP contribution in [-0.2, 0) is 25.1 Å². The largest absolute Gasteiger partial charge is 0.393 e. The van der Waals surface area contributed by atoms with Crippen molar-refractivity contribution in [1.82, 2.24) is 23.2 Å². The first-order valence-corrected chi connectivity index (χ1v) is 11.6. The Morgan fingerprint density at radius 2 is 2.00 bits per heavy atom. The fraction of sp³-hybridized carbons (Fsp3) is 0.400. The lowest BCUT2D eigenvalue weighted by atomic mass is 10.1. The van der Waals surface area contributed by atoms with E-state index in [1.807, 2.05) is 0 Å². The fourth-order valence-electron chi connectivity index (χ4n) is 1.90. The predicted octanol–water partition coefficient (Wildman–Crippen LogP) is 0.833. The number of hydrogen-bond acceptors (Lipinski definition) is 8. The number of benzene rings is 1. The molecule has 0 aliphatic heterocycles. The predicted molar refractivity (Wildman–Crippen MR) is 107 cm³/mol. The Kier molecular flexibility index (Phi) is 7.52. The Balaban J connectivity index is 2.28. The molecule has 0 unspecified atom stereocenters. The van der Waals surface area contributed by atoms with Gasteiger partial charge in [0.2, 0.25) is 0 Å². The van der Waals surface area contributed by atoms with Crippen LogP contribution in [-0.4, -0.2) is 67.8 Å². The second kappa shape index (κ2) is 9.34. The quantitative estimate of drug-likeness (QED) is 0.413. The lowest BCUT2D eigenvalue weighted by Gasteiger charge is -2.11. The van der Waals surface area contributed by atoms with Gasteiger partial charge in [-0.15, -0.1) is 9.19 Å². The van der Waals surface area contributed by atoms with E-state index in [0.717, 1.165) is 16.7 Å². The zero-order valence-electron chi connectivity index (χ0n) is 16.4. The van der Waals surface area contributed by atoms with Gasteiger partial charge in [-0.25, -0.2) is 22.5 Å². The third-order valence-corrected chi connectivity index (χ3v) is 6.50. The van der Waals surface area contributed by atoms with E-state index in [2.05, 4.69) is 20.0 Å². The highest BCUT2D eigenvalue weighted by molar-refractivity contribution is 7.89. The van der Waals surface area contributed by atoms with Crippen LogP contribution in [0.3, 0.4) is 0 Å². The van der Waals surface area contributed by atoms with Gasteiger partial charge in [0.25, 0.3) is 15.2 Å². The van der Waals surface area contributed by atoms with Crippen molar-refractivity contribution in [1.29, 1.82) is 0 Å². The minimum absolute atomic E-state index is 0.106. The van der Waals surface area contributed by atoms with Crippen LogP contribution >= 0.6 is 11.6 Å². The van der Waals surface area contributed by atoms with Crippen LogP contribution in [0.25, 0.3) is 0 Å². The van der Waals surface area contributed by atoms with Crippen LogP contribution in [0.4, 0.5) is 4.39 Å². The number of rotatable bonds is 9. The molecule has 0 aliphatic carbocycles. The lowest BCUT2D eigenvalue weighted by molar-refractivity contribution is 0.0858. The first kappa shape index (κ1) is 24.1. The summed E-state index contributed by atoms with van der Waals surface area (Å²) in [6.07, 6.45) is 0.460. The SMILES string of the molecule is CC(C)O/N=C(\CNS(=O)(=O)c1ncn(S(=O)(=O)N(C)C)n1)c1ccc(F)c(Cl)c1. The van der Waals surface area contributed by atoms with Gasteiger partial charge in [0, 0.05) is 19.7 Å². The molecule has 2 rings (SSSR count). The van der Waals surface area contributed by atoms with Crippen molar-refractivity contribution in [3.63, 3.8) is 0 Å². The molecule has 1 heterocycles. The number of hydrogen-bond donors (Lipinski definition) is 1. The van der Waals surface area contributed by atoms with E-state index in [-0.39, 0.29) is 23.4 Å². The summed E-state index contributed by atoms with van der Waals surface area (Å²) in [6, 6.07) is 3.73. The Hall–Kier alpha value is -2.13. The molecule has 0 aliphatic rings. The van der Waals surface area contributed by atoms with E-state index in [1.54, 1.807) is 13.8 Å². The molecule has 0 spiro atoms. The zero-order chi connectivity index (χ0) is 22.7. The van der Waals surface area contributed by atoms with E-state index in [1.165, 1.54) is 26.2 Å². The maximum absolute atomic E-state index is 13.4. The zero-order valence-corrected chi connectivity index (χ0v) is 18.8. The molecule has 0 bridgehead atoms. The average molecular weight is 483 g/mol. The molecule has 15 heteroatoms. The van der Waals surface area contributed by atoms with Gasteiger partial charge in [-0.1, -0.05) is 16.8 Å². The molecule has 1 N–H and O–H groups in total. The molecule has 0 atom stereocenters. The van der Waals surface area contributed by atoms with Crippen LogP contribution in [0.1, 0.15) is 19.4 Å². The Labute approximate surface area is 178 Å². The monoisotopic (exact) mass is 482 g/mol. The summed E-state index contributed by atoms with van der Waals surface area (Å²) in [5.41, 5.74) is 0.424. The van der Waals surface area contributed by atoms with E-state index < -0.39 is 31.2 Å². The second-order valence-corrected chi connectivity index (χ2v) is 10.4. The molecule has 2 aromatic rings. The average Bonchev–Trinajstić information content (AvgIpc) is 3.16. The molecule has 30 heavy (non-hydrogen) atoms. The summed E-state index contributed by atoms with van der Waals surface area (Å²) >= 11 is 5.78. The van der Waals surface area contributed by atoms with Crippen LogP contribution in [0.15, 0.2) is 34.8 Å². The highest BCUT2D eigenvalue weighted by atomic mass is 35.5. The Bertz CT molecular complexity index is 1150. The number of nitrogens with zero attached hydrogens (tertiary/aromatic N) is 5. The molecule has 1 aromatic heterocycles. The Morgan fingerprint density at radius 3 is 2.57 bits per heavy atom. The van der Waals surface area contributed by atoms with Crippen LogP contribution in [0.5, 0.6) is 0 Å². The second-order valence-electron chi connectivity index (χ2n) is 6.34. The summed E-state index contributed by atoms with van der Waals surface area (Å²) in [7, 11) is -5.81. The van der Waals surface area contributed by atoms with Gasteiger partial charge < -0.3 is 4.84 Å². The fourth-order valence-corrected chi connectivity index (χ4v) is 3.65. The van der Waals surface area contributed by atoms with Gasteiger partial charge in [0.1, 0.15) is 24.0 Å². The van der Waals surface area contributed by atoms with Crippen LogP contribution in [0, 0.1) is 5.82 Å². The minimum Gasteiger partial charge on any atom is -0.393 e. The summed E-state index contributed by atoms with van der Waals surface area (Å²) in [5, 5.41) is 6.46. The van der Waals surface area contributed by atoms with Gasteiger partial charge in [-0.3, -0.25) is 0 Å². The van der Waals surface area contributed by atoms with Gasteiger partial charge in [0.15, 0.2) is 0 Å². The Morgan fingerprint density at radius 1 is 1.33 bits per heavy atom. The summed E-state index contributed by atoms with van der Waals surface area (Å²) in [5.74, 6) is -0.651. The van der Waals surface area contributed by atoms with Gasteiger partial charge in [-0.05, 0) is 32.0 Å². The number of nitrogens with one attached hydrogen (secondary N) is 1. The van der Waals surface area contributed by atoms with E-state index in [4.69, 9.17) is 16.4 Å². The standard InChI is InChI=1S/C15H20ClFN6O5S2/c1-10(2)28-21-14(11-5-6-13(17)12(16)7-11)8-19-29(24,25)15-18-9-23(20-15)30(26,27)22(3)4/h5-7,9-10,19H,8H2,1-4H3/b21-14+. The third-order valence-electron chi connectivity index (χ3n) is 3.45. The first-order chi connectivity index (χ1) is 13.8. The first-order valence-electron chi connectivity index (χ1n) is 8.37. The van der Waals surface area contributed by atoms with Crippen molar-refractivity contribution in [3.8, 4) is 0 Å². The van der Waals surface area contributed by atoms with Crippen LogP contribution in [0.2, 0.25) is 5.02 Å². The van der Waals surface area contributed by atoms with E-state index in [0.29, 0.717) is 9.65 Å². The van der Waals surface area contributed by atoms with Gasteiger partial charge >= 0.3 is 10.2 Å². The number of halogens is 2. The number of oxime groups is 1. The summed E-state index contributed by atoms with van der Waals surface area (Å²) in [4.78, 5) is 8.71. The van der Waals surface area contributed by atoms with Crippen LogP contribution < -0.4 is 4.72 Å². The van der Waals surface area contributed by atoms with Crippen molar-refractivity contribution < 1.29 is 26.1 Å². The molecule has 0 fully saturated rings. The van der Waals surface area contributed by atoms with E-state index >= 15 is 0 Å². The van der Waals surface area contributed by atoms with Crippen molar-refractivity contribution in [2.24, 2.45) is 5.16 Å². The van der Waals surface area contributed by atoms with Crippen molar-refractivity contribution in [2.45, 2.75) is 25.1 Å². The molecule has 0 amide bonds. The summed E-state index contributed by atoms with van der Waals surface area (Å²) < 4.78 is 66.0. The summed E-state index contributed by atoms with van der Waals surface area (Å²) in [6.45, 7) is 3.04. The highest BCUT2D eigenvalue weighted by Crippen LogP contribution is 2.17. The molecule has 0 saturated heterocycles. The molecule has 166 valence electrons. The van der Waals surface area contributed by atoms with Gasteiger partial charge in [-0.2, -0.15) is 12.7 Å². The smallest absolute Gasteiger partial charge is 0.323 e.